The standard InChI is InChI=1S/C21H19BrN2O2S/c1-11-5-6-14-17(9-11)27-21-18(14)20(25)23-19(24-21)16-8-7-15(26-16)12-3-2-4-13(22)10-12/h2-4,7-8,10-11,19,24H,5-6,9H2,1H3,(H,23,25)/t11-,19+/m1/s1. The summed E-state index contributed by atoms with van der Waals surface area (Å²) in [6.07, 6.45) is 2.88. The largest absolute Gasteiger partial charge is 0.457 e. The molecule has 1 aromatic carbocycles. The summed E-state index contributed by atoms with van der Waals surface area (Å²) < 4.78 is 7.06. The number of benzene rings is 1. The van der Waals surface area contributed by atoms with Crippen LogP contribution in [0.3, 0.4) is 0 Å². The van der Waals surface area contributed by atoms with E-state index in [4.69, 9.17) is 4.42 Å². The van der Waals surface area contributed by atoms with E-state index in [1.165, 1.54) is 10.4 Å². The number of furan rings is 1. The molecule has 1 aliphatic carbocycles. The molecule has 3 heterocycles. The van der Waals surface area contributed by atoms with E-state index in [0.29, 0.717) is 11.7 Å². The average molecular weight is 443 g/mol. The number of rotatable bonds is 2. The number of thiophene rings is 1. The van der Waals surface area contributed by atoms with Crippen molar-refractivity contribution in [3.05, 3.63) is 62.6 Å². The lowest BCUT2D eigenvalue weighted by Crippen LogP contribution is -2.38. The van der Waals surface area contributed by atoms with Gasteiger partial charge < -0.3 is 15.1 Å². The summed E-state index contributed by atoms with van der Waals surface area (Å²) >= 11 is 5.22. The van der Waals surface area contributed by atoms with Crippen molar-refractivity contribution in [2.75, 3.05) is 5.32 Å². The van der Waals surface area contributed by atoms with Crippen molar-refractivity contribution in [1.29, 1.82) is 0 Å². The number of carbonyl (C=O) groups excluding carboxylic acids is 1. The molecule has 0 radical (unpaired) electrons. The molecule has 3 aromatic rings. The van der Waals surface area contributed by atoms with Crippen LogP contribution in [0, 0.1) is 5.92 Å². The van der Waals surface area contributed by atoms with Crippen molar-refractivity contribution >= 4 is 38.2 Å². The predicted molar refractivity (Wildman–Crippen MR) is 111 cm³/mol. The second-order valence-electron chi connectivity index (χ2n) is 7.32. The van der Waals surface area contributed by atoms with Gasteiger partial charge in [-0.15, -0.1) is 11.3 Å². The molecule has 138 valence electrons. The van der Waals surface area contributed by atoms with E-state index in [0.717, 1.165) is 45.6 Å². The summed E-state index contributed by atoms with van der Waals surface area (Å²) in [4.78, 5) is 14.2. The van der Waals surface area contributed by atoms with Gasteiger partial charge in [0, 0.05) is 14.9 Å². The molecule has 0 bridgehead atoms. The van der Waals surface area contributed by atoms with Gasteiger partial charge in [0.25, 0.3) is 5.91 Å². The van der Waals surface area contributed by atoms with Gasteiger partial charge in [0.1, 0.15) is 16.5 Å². The van der Waals surface area contributed by atoms with Gasteiger partial charge in [-0.25, -0.2) is 0 Å². The second-order valence-corrected chi connectivity index (χ2v) is 9.34. The van der Waals surface area contributed by atoms with Crippen LogP contribution in [0.5, 0.6) is 0 Å². The Morgan fingerprint density at radius 3 is 2.96 bits per heavy atom. The molecule has 2 aliphatic rings. The first-order chi connectivity index (χ1) is 13.1. The van der Waals surface area contributed by atoms with Gasteiger partial charge in [0.2, 0.25) is 0 Å². The van der Waals surface area contributed by atoms with Crippen LogP contribution in [0.25, 0.3) is 11.3 Å². The van der Waals surface area contributed by atoms with Gasteiger partial charge >= 0.3 is 0 Å². The maximum atomic E-state index is 12.8. The van der Waals surface area contributed by atoms with Crippen molar-refractivity contribution in [2.45, 2.75) is 32.4 Å². The topological polar surface area (TPSA) is 54.3 Å². The van der Waals surface area contributed by atoms with Crippen LogP contribution in [0.2, 0.25) is 0 Å². The molecule has 0 spiro atoms. The molecule has 1 amide bonds. The third-order valence-electron chi connectivity index (χ3n) is 5.31. The lowest BCUT2D eigenvalue weighted by Gasteiger charge is -2.25. The fourth-order valence-corrected chi connectivity index (χ4v) is 5.75. The molecule has 2 aromatic heterocycles. The Labute approximate surface area is 170 Å². The van der Waals surface area contributed by atoms with Gasteiger partial charge in [0.05, 0.1) is 5.56 Å². The molecule has 5 rings (SSSR count). The second kappa shape index (κ2) is 6.53. The Kier molecular flexibility index (Phi) is 4.13. The third kappa shape index (κ3) is 3.01. The van der Waals surface area contributed by atoms with E-state index in [2.05, 4.69) is 33.5 Å². The van der Waals surface area contributed by atoms with Gasteiger partial charge in [-0.1, -0.05) is 35.0 Å². The Morgan fingerprint density at radius 2 is 2.11 bits per heavy atom. The molecule has 2 N–H and O–H groups in total. The van der Waals surface area contributed by atoms with Crippen molar-refractivity contribution in [3.8, 4) is 11.3 Å². The zero-order chi connectivity index (χ0) is 18.5. The number of fused-ring (bicyclic) bond motifs is 3. The molecule has 2 atom stereocenters. The number of anilines is 1. The summed E-state index contributed by atoms with van der Waals surface area (Å²) in [5, 5.41) is 7.52. The number of nitrogens with one attached hydrogen (secondary N) is 2. The first-order valence-corrected chi connectivity index (χ1v) is 10.8. The molecule has 0 fully saturated rings. The first-order valence-electron chi connectivity index (χ1n) is 9.16. The van der Waals surface area contributed by atoms with Gasteiger partial charge in [-0.2, -0.15) is 0 Å². The van der Waals surface area contributed by atoms with E-state index < -0.39 is 0 Å². The maximum absolute atomic E-state index is 12.8. The molecule has 0 saturated carbocycles. The normalized spacial score (nSPS) is 21.2. The van der Waals surface area contributed by atoms with Crippen LogP contribution in [0.15, 0.2) is 45.3 Å². The Hall–Kier alpha value is -2.05. The number of amides is 1. The first kappa shape index (κ1) is 17.1. The molecule has 0 unspecified atom stereocenters. The van der Waals surface area contributed by atoms with Gasteiger partial charge in [0.15, 0.2) is 6.17 Å². The number of hydrogen-bond donors (Lipinski definition) is 2. The highest BCUT2D eigenvalue weighted by Gasteiger charge is 2.34. The SMILES string of the molecule is C[C@@H]1CCc2c(sc3c2C(=O)N[C@H](c2ccc(-c4cccc(Br)c4)o2)N3)C1. The zero-order valence-corrected chi connectivity index (χ0v) is 17.2. The van der Waals surface area contributed by atoms with Crippen LogP contribution in [0.1, 0.15) is 46.1 Å². The quantitative estimate of drug-likeness (QED) is 0.530. The summed E-state index contributed by atoms with van der Waals surface area (Å²) in [6.45, 7) is 2.28. The van der Waals surface area contributed by atoms with Crippen LogP contribution in [-0.4, -0.2) is 5.91 Å². The minimum Gasteiger partial charge on any atom is -0.457 e. The van der Waals surface area contributed by atoms with E-state index in [1.54, 1.807) is 11.3 Å². The van der Waals surface area contributed by atoms with E-state index >= 15 is 0 Å². The fourth-order valence-electron chi connectivity index (χ4n) is 3.91. The predicted octanol–water partition coefficient (Wildman–Crippen LogP) is 5.75. The highest BCUT2D eigenvalue weighted by molar-refractivity contribution is 9.10. The summed E-state index contributed by atoms with van der Waals surface area (Å²) in [5.41, 5.74) is 3.08. The molecule has 27 heavy (non-hydrogen) atoms. The Morgan fingerprint density at radius 1 is 1.22 bits per heavy atom. The lowest BCUT2D eigenvalue weighted by molar-refractivity contribution is 0.0930. The fraction of sp³-hybridized carbons (Fsp3) is 0.286. The third-order valence-corrected chi connectivity index (χ3v) is 6.99. The smallest absolute Gasteiger partial charge is 0.256 e. The minimum absolute atomic E-state index is 0.00112. The van der Waals surface area contributed by atoms with Crippen molar-refractivity contribution in [3.63, 3.8) is 0 Å². The highest BCUT2D eigenvalue weighted by atomic mass is 79.9. The van der Waals surface area contributed by atoms with Crippen LogP contribution >= 0.6 is 27.3 Å². The molecule has 6 heteroatoms. The summed E-state index contributed by atoms with van der Waals surface area (Å²) in [6, 6.07) is 11.9. The molecule has 1 aliphatic heterocycles. The number of halogens is 1. The van der Waals surface area contributed by atoms with E-state index in [1.807, 2.05) is 36.4 Å². The molecular weight excluding hydrogens is 424 g/mol. The van der Waals surface area contributed by atoms with Crippen LogP contribution in [-0.2, 0) is 12.8 Å². The summed E-state index contributed by atoms with van der Waals surface area (Å²) in [5.74, 6) is 2.19. The Bertz CT molecular complexity index is 1040. The molecular formula is C21H19BrN2O2S. The van der Waals surface area contributed by atoms with Crippen LogP contribution in [0.4, 0.5) is 5.00 Å². The lowest BCUT2D eigenvalue weighted by atomic mass is 9.88. The highest BCUT2D eigenvalue weighted by Crippen LogP contribution is 2.42. The monoisotopic (exact) mass is 442 g/mol. The van der Waals surface area contributed by atoms with Crippen molar-refractivity contribution in [1.82, 2.24) is 5.32 Å². The van der Waals surface area contributed by atoms with Crippen molar-refractivity contribution < 1.29 is 9.21 Å². The van der Waals surface area contributed by atoms with Crippen LogP contribution < -0.4 is 10.6 Å². The van der Waals surface area contributed by atoms with E-state index in [-0.39, 0.29) is 12.1 Å². The van der Waals surface area contributed by atoms with Gasteiger partial charge in [-0.05, 0) is 55.0 Å². The average Bonchev–Trinajstić information content (AvgIpc) is 3.26. The van der Waals surface area contributed by atoms with E-state index in [9.17, 15) is 4.79 Å². The maximum Gasteiger partial charge on any atom is 0.256 e. The Balaban J connectivity index is 1.45. The number of carbonyl (C=O) groups is 1. The minimum atomic E-state index is -0.344. The zero-order valence-electron chi connectivity index (χ0n) is 14.8. The number of hydrogen-bond acceptors (Lipinski definition) is 4. The van der Waals surface area contributed by atoms with Crippen molar-refractivity contribution in [2.24, 2.45) is 5.92 Å². The van der Waals surface area contributed by atoms with Gasteiger partial charge in [-0.3, -0.25) is 4.79 Å². The molecule has 4 nitrogen and oxygen atoms in total. The molecule has 0 saturated heterocycles. The summed E-state index contributed by atoms with van der Waals surface area (Å²) in [7, 11) is 0.